The van der Waals surface area contributed by atoms with Crippen LogP contribution in [0.3, 0.4) is 0 Å². The predicted octanol–water partition coefficient (Wildman–Crippen LogP) is 13.9. The molecule has 0 atom stereocenters. The van der Waals surface area contributed by atoms with E-state index in [4.69, 9.17) is 15.0 Å². The van der Waals surface area contributed by atoms with Gasteiger partial charge in [-0.15, -0.1) is 11.3 Å². The largest absolute Gasteiger partial charge is 0.208 e. The second kappa shape index (κ2) is 11.8. The van der Waals surface area contributed by atoms with Crippen molar-refractivity contribution in [3.8, 4) is 67.5 Å². The van der Waals surface area contributed by atoms with Gasteiger partial charge in [0.1, 0.15) is 0 Å². The minimum absolute atomic E-state index is 0.152. The molecule has 8 aromatic carbocycles. The van der Waals surface area contributed by atoms with Gasteiger partial charge in [0, 0.05) is 42.3 Å². The Balaban J connectivity index is 1.09. The van der Waals surface area contributed by atoms with Crippen molar-refractivity contribution in [3.05, 3.63) is 209 Å². The van der Waals surface area contributed by atoms with E-state index in [0.717, 1.165) is 16.7 Å². The van der Waals surface area contributed by atoms with Crippen LogP contribution < -0.4 is 0 Å². The summed E-state index contributed by atoms with van der Waals surface area (Å²) in [7, 11) is 0. The third-order valence-corrected chi connectivity index (χ3v) is 14.6. The zero-order chi connectivity index (χ0) is 39.0. The Morgan fingerprint density at radius 1 is 0.373 bits per heavy atom. The standard InChI is InChI=1S/C55H35N3S/c1-54(2)42-23-8-6-19-39(42)49-40(21-14-27-46(49)54)52-56-51(57-53(58-52)41-22-13-20-38-37-18-7-12-28-48(37)59-50(38)41)32-29-30-36-35-17-5-11-26-45(35)55(47(36)31-32)43-24-9-3-15-33(43)34-16-4-10-25-44(34)55/h3-31H,1-2H3. The first-order valence-electron chi connectivity index (χ1n) is 20.4. The summed E-state index contributed by atoms with van der Waals surface area (Å²) >= 11 is 1.81. The van der Waals surface area contributed by atoms with E-state index in [1.54, 1.807) is 11.3 Å². The molecule has 0 saturated heterocycles. The van der Waals surface area contributed by atoms with Crippen molar-refractivity contribution in [2.45, 2.75) is 24.7 Å². The Morgan fingerprint density at radius 3 is 1.58 bits per heavy atom. The molecule has 0 unspecified atom stereocenters. The van der Waals surface area contributed by atoms with E-state index in [0.29, 0.717) is 17.5 Å². The first kappa shape index (κ1) is 33.0. The second-order valence-electron chi connectivity index (χ2n) is 16.6. The van der Waals surface area contributed by atoms with Crippen LogP contribution in [0.15, 0.2) is 176 Å². The van der Waals surface area contributed by atoms with E-state index in [1.807, 2.05) is 0 Å². The van der Waals surface area contributed by atoms with E-state index in [-0.39, 0.29) is 5.41 Å². The van der Waals surface area contributed by atoms with E-state index in [9.17, 15) is 0 Å². The molecule has 13 rings (SSSR count). The molecule has 59 heavy (non-hydrogen) atoms. The lowest BCUT2D eigenvalue weighted by Gasteiger charge is -2.30. The fourth-order valence-electron chi connectivity index (χ4n) is 10.8. The maximum Gasteiger partial charge on any atom is 0.165 e. The zero-order valence-electron chi connectivity index (χ0n) is 32.5. The van der Waals surface area contributed by atoms with Crippen LogP contribution >= 0.6 is 11.3 Å². The monoisotopic (exact) mass is 769 g/mol. The molecule has 4 heteroatoms. The highest BCUT2D eigenvalue weighted by Gasteiger charge is 2.51. The molecule has 3 nitrogen and oxygen atoms in total. The summed E-state index contributed by atoms with van der Waals surface area (Å²) < 4.78 is 2.44. The molecule has 1 spiro atoms. The van der Waals surface area contributed by atoms with Gasteiger partial charge in [0.15, 0.2) is 17.5 Å². The van der Waals surface area contributed by atoms with Crippen LogP contribution in [-0.4, -0.2) is 15.0 Å². The van der Waals surface area contributed by atoms with Crippen molar-refractivity contribution < 1.29 is 0 Å². The van der Waals surface area contributed by atoms with Crippen LogP contribution in [0.25, 0.3) is 87.7 Å². The third-order valence-electron chi connectivity index (χ3n) is 13.4. The molecule has 0 N–H and O–H groups in total. The molecule has 0 aliphatic heterocycles. The zero-order valence-corrected chi connectivity index (χ0v) is 33.3. The Bertz CT molecular complexity index is 3380. The summed E-state index contributed by atoms with van der Waals surface area (Å²) in [6.07, 6.45) is 0. The van der Waals surface area contributed by atoms with Crippen LogP contribution in [0.1, 0.15) is 47.2 Å². The summed E-state index contributed by atoms with van der Waals surface area (Å²) in [4.78, 5) is 16.4. The lowest BCUT2D eigenvalue weighted by Crippen LogP contribution is -2.25. The van der Waals surface area contributed by atoms with Gasteiger partial charge in [-0.3, -0.25) is 0 Å². The van der Waals surface area contributed by atoms with E-state index >= 15 is 0 Å². The van der Waals surface area contributed by atoms with Crippen molar-refractivity contribution >= 4 is 31.5 Å². The van der Waals surface area contributed by atoms with Crippen molar-refractivity contribution in [1.29, 1.82) is 0 Å². The van der Waals surface area contributed by atoms with Gasteiger partial charge in [-0.2, -0.15) is 0 Å². The SMILES string of the molecule is CC1(C)c2ccccc2-c2c(-c3nc(-c4ccc5c(c4)C4(c6ccccc6-c6ccccc64)c4ccccc4-5)nc(-c4cccc5c4sc4ccccc45)n3)cccc21. The molecule has 3 aliphatic carbocycles. The van der Waals surface area contributed by atoms with Crippen LogP contribution in [0.5, 0.6) is 0 Å². The number of nitrogens with zero attached hydrogens (tertiary/aromatic N) is 3. The van der Waals surface area contributed by atoms with Crippen molar-refractivity contribution in [2.24, 2.45) is 0 Å². The van der Waals surface area contributed by atoms with Gasteiger partial charge < -0.3 is 0 Å². The van der Waals surface area contributed by atoms with Gasteiger partial charge in [0.25, 0.3) is 0 Å². The smallest absolute Gasteiger partial charge is 0.165 e. The fraction of sp³-hybridized carbons (Fsp3) is 0.0727. The Hall–Kier alpha value is -7.01. The van der Waals surface area contributed by atoms with Crippen LogP contribution in [0.4, 0.5) is 0 Å². The van der Waals surface area contributed by atoms with Crippen LogP contribution in [-0.2, 0) is 10.8 Å². The average molecular weight is 770 g/mol. The van der Waals surface area contributed by atoms with Gasteiger partial charge in [0.05, 0.1) is 5.41 Å². The molecule has 3 aliphatic rings. The molecular weight excluding hydrogens is 735 g/mol. The van der Waals surface area contributed by atoms with Gasteiger partial charge in [-0.1, -0.05) is 172 Å². The molecule has 2 heterocycles. The summed E-state index contributed by atoms with van der Waals surface area (Å²) in [6, 6.07) is 64.4. The minimum atomic E-state index is -0.466. The topological polar surface area (TPSA) is 38.7 Å². The first-order valence-corrected chi connectivity index (χ1v) is 21.2. The molecule has 10 aromatic rings. The molecule has 0 amide bonds. The number of rotatable bonds is 3. The number of hydrogen-bond donors (Lipinski definition) is 0. The number of fused-ring (bicyclic) bond motifs is 16. The summed E-state index contributed by atoms with van der Waals surface area (Å²) in [5.41, 5.74) is 17.8. The van der Waals surface area contributed by atoms with Gasteiger partial charge in [-0.05, 0) is 85.0 Å². The molecule has 0 radical (unpaired) electrons. The Morgan fingerprint density at radius 2 is 0.864 bits per heavy atom. The molecule has 2 aromatic heterocycles. The Kier molecular flexibility index (Phi) is 6.59. The van der Waals surface area contributed by atoms with E-state index in [2.05, 4.69) is 190 Å². The number of aromatic nitrogens is 3. The van der Waals surface area contributed by atoms with E-state index < -0.39 is 5.41 Å². The normalized spacial score (nSPS) is 14.5. The van der Waals surface area contributed by atoms with Crippen molar-refractivity contribution in [2.75, 3.05) is 0 Å². The highest BCUT2D eigenvalue weighted by molar-refractivity contribution is 7.26. The molecule has 0 bridgehead atoms. The highest BCUT2D eigenvalue weighted by Crippen LogP contribution is 2.63. The molecule has 276 valence electrons. The molecular formula is C55H35N3S. The summed E-state index contributed by atoms with van der Waals surface area (Å²) in [6.45, 7) is 4.65. The number of benzene rings is 8. The maximum absolute atomic E-state index is 5.48. The number of hydrogen-bond acceptors (Lipinski definition) is 4. The molecule has 0 fully saturated rings. The van der Waals surface area contributed by atoms with Crippen LogP contribution in [0.2, 0.25) is 0 Å². The lowest BCUT2D eigenvalue weighted by molar-refractivity contribution is 0.660. The van der Waals surface area contributed by atoms with Crippen molar-refractivity contribution in [3.63, 3.8) is 0 Å². The van der Waals surface area contributed by atoms with Gasteiger partial charge in [-0.25, -0.2) is 15.0 Å². The average Bonchev–Trinajstić information content (AvgIpc) is 3.98. The quantitative estimate of drug-likeness (QED) is 0.180. The third kappa shape index (κ3) is 4.29. The highest BCUT2D eigenvalue weighted by atomic mass is 32.1. The first-order chi connectivity index (χ1) is 29.0. The van der Waals surface area contributed by atoms with Crippen molar-refractivity contribution in [1.82, 2.24) is 15.0 Å². The van der Waals surface area contributed by atoms with Gasteiger partial charge in [0.2, 0.25) is 0 Å². The van der Waals surface area contributed by atoms with E-state index in [1.165, 1.54) is 86.9 Å². The molecule has 0 saturated carbocycles. The summed E-state index contributed by atoms with van der Waals surface area (Å²) in [5, 5.41) is 2.47. The summed E-state index contributed by atoms with van der Waals surface area (Å²) in [5.74, 6) is 2.03. The fourth-order valence-corrected chi connectivity index (χ4v) is 12.1. The Labute approximate surface area is 346 Å². The van der Waals surface area contributed by atoms with Crippen LogP contribution in [0, 0.1) is 0 Å². The maximum atomic E-state index is 5.48. The predicted molar refractivity (Wildman–Crippen MR) is 243 cm³/mol. The minimum Gasteiger partial charge on any atom is -0.208 e. The second-order valence-corrected chi connectivity index (χ2v) is 17.7. The number of thiophene rings is 1. The van der Waals surface area contributed by atoms with Gasteiger partial charge >= 0.3 is 0 Å². The lowest BCUT2D eigenvalue weighted by atomic mass is 9.70.